The summed E-state index contributed by atoms with van der Waals surface area (Å²) in [5.74, 6) is 1.03. The normalized spacial score (nSPS) is 16.4. The maximum absolute atomic E-state index is 13.2. The van der Waals surface area contributed by atoms with E-state index in [4.69, 9.17) is 14.2 Å². The van der Waals surface area contributed by atoms with Crippen LogP contribution in [0.15, 0.2) is 42.5 Å². The summed E-state index contributed by atoms with van der Waals surface area (Å²) in [6.07, 6.45) is 0.341. The van der Waals surface area contributed by atoms with Gasteiger partial charge in [-0.25, -0.2) is 4.39 Å². The third-order valence-electron chi connectivity index (χ3n) is 5.70. The first-order valence-electron chi connectivity index (χ1n) is 10.6. The monoisotopic (exact) mass is 430 g/mol. The average Bonchev–Trinajstić information content (AvgIpc) is 2.80. The fourth-order valence-electron chi connectivity index (χ4n) is 3.88. The summed E-state index contributed by atoms with van der Waals surface area (Å²) in [7, 11) is 3.23. The SMILES string of the molecule is COc1ccc(C(CNC(=O)CC(C)c2ccc(F)cc2)N2CCOCC2)cc1OC. The van der Waals surface area contributed by atoms with Gasteiger partial charge in [0.05, 0.1) is 33.5 Å². The number of morpholine rings is 1. The topological polar surface area (TPSA) is 60.0 Å². The number of benzene rings is 2. The second-order valence-corrected chi connectivity index (χ2v) is 7.74. The highest BCUT2D eigenvalue weighted by atomic mass is 19.1. The number of carbonyl (C=O) groups excluding carboxylic acids is 1. The summed E-state index contributed by atoms with van der Waals surface area (Å²) in [6, 6.07) is 12.2. The molecular formula is C24H31FN2O4. The number of hydrogen-bond donors (Lipinski definition) is 1. The van der Waals surface area contributed by atoms with Gasteiger partial charge >= 0.3 is 0 Å². The number of hydrogen-bond acceptors (Lipinski definition) is 5. The minimum atomic E-state index is -0.274. The van der Waals surface area contributed by atoms with E-state index in [1.807, 2.05) is 25.1 Å². The van der Waals surface area contributed by atoms with E-state index in [2.05, 4.69) is 10.2 Å². The van der Waals surface area contributed by atoms with Gasteiger partial charge in [-0.15, -0.1) is 0 Å². The molecule has 1 N–H and O–H groups in total. The minimum Gasteiger partial charge on any atom is -0.493 e. The van der Waals surface area contributed by atoms with Gasteiger partial charge in [-0.1, -0.05) is 25.1 Å². The zero-order valence-corrected chi connectivity index (χ0v) is 18.4. The summed E-state index contributed by atoms with van der Waals surface area (Å²) in [5.41, 5.74) is 1.99. The van der Waals surface area contributed by atoms with E-state index in [0.29, 0.717) is 37.7 Å². The second-order valence-electron chi connectivity index (χ2n) is 7.74. The van der Waals surface area contributed by atoms with E-state index >= 15 is 0 Å². The molecule has 0 aliphatic carbocycles. The standard InChI is InChI=1S/C24H31FN2O4/c1-17(18-4-7-20(25)8-5-18)14-24(28)26-16-21(27-10-12-31-13-11-27)19-6-9-22(29-2)23(15-19)30-3/h4-9,15,17,21H,10-14,16H2,1-3H3,(H,26,28). The van der Waals surface area contributed by atoms with Gasteiger partial charge in [-0.2, -0.15) is 0 Å². The third kappa shape index (κ3) is 6.18. The largest absolute Gasteiger partial charge is 0.493 e. The molecule has 0 spiro atoms. The van der Waals surface area contributed by atoms with Crippen LogP contribution in [0.2, 0.25) is 0 Å². The van der Waals surface area contributed by atoms with Gasteiger partial charge in [-0.3, -0.25) is 9.69 Å². The van der Waals surface area contributed by atoms with Crippen LogP contribution in [-0.2, 0) is 9.53 Å². The number of carbonyl (C=O) groups is 1. The smallest absolute Gasteiger partial charge is 0.220 e. The number of ether oxygens (including phenoxy) is 3. The van der Waals surface area contributed by atoms with Crippen molar-refractivity contribution in [1.82, 2.24) is 10.2 Å². The van der Waals surface area contributed by atoms with Crippen molar-refractivity contribution in [2.24, 2.45) is 0 Å². The number of methoxy groups -OCH3 is 2. The van der Waals surface area contributed by atoms with Crippen LogP contribution < -0.4 is 14.8 Å². The van der Waals surface area contributed by atoms with Crippen LogP contribution in [-0.4, -0.2) is 57.9 Å². The molecule has 0 bridgehead atoms. The molecule has 2 aromatic rings. The Labute approximate surface area is 183 Å². The maximum Gasteiger partial charge on any atom is 0.220 e. The van der Waals surface area contributed by atoms with Gasteiger partial charge in [0.2, 0.25) is 5.91 Å². The molecule has 1 aliphatic rings. The van der Waals surface area contributed by atoms with Crippen molar-refractivity contribution in [3.05, 3.63) is 59.4 Å². The molecule has 2 unspecified atom stereocenters. The Balaban J connectivity index is 1.68. The molecular weight excluding hydrogens is 399 g/mol. The number of nitrogens with zero attached hydrogens (tertiary/aromatic N) is 1. The maximum atomic E-state index is 13.2. The Morgan fingerprint density at radius 2 is 1.71 bits per heavy atom. The lowest BCUT2D eigenvalue weighted by molar-refractivity contribution is -0.121. The van der Waals surface area contributed by atoms with Crippen LogP contribution in [0.4, 0.5) is 4.39 Å². The molecule has 7 heteroatoms. The molecule has 0 saturated carbocycles. The Bertz CT molecular complexity index is 853. The van der Waals surface area contributed by atoms with E-state index in [0.717, 1.165) is 24.2 Å². The van der Waals surface area contributed by atoms with Gasteiger partial charge in [0, 0.05) is 26.1 Å². The highest BCUT2D eigenvalue weighted by Gasteiger charge is 2.24. The molecule has 168 valence electrons. The van der Waals surface area contributed by atoms with Crippen LogP contribution in [0.1, 0.15) is 36.4 Å². The van der Waals surface area contributed by atoms with E-state index in [9.17, 15) is 9.18 Å². The number of nitrogens with one attached hydrogen (secondary N) is 1. The minimum absolute atomic E-state index is 0.00326. The van der Waals surface area contributed by atoms with Crippen molar-refractivity contribution < 1.29 is 23.4 Å². The molecule has 3 rings (SSSR count). The van der Waals surface area contributed by atoms with Gasteiger partial charge in [0.15, 0.2) is 11.5 Å². The van der Waals surface area contributed by atoms with Gasteiger partial charge in [0.25, 0.3) is 0 Å². The molecule has 1 fully saturated rings. The summed E-state index contributed by atoms with van der Waals surface area (Å²) < 4.78 is 29.5. The summed E-state index contributed by atoms with van der Waals surface area (Å²) in [5, 5.41) is 3.09. The molecule has 2 aromatic carbocycles. The molecule has 6 nitrogen and oxygen atoms in total. The van der Waals surface area contributed by atoms with Crippen molar-refractivity contribution >= 4 is 5.91 Å². The average molecular weight is 431 g/mol. The lowest BCUT2D eigenvalue weighted by Gasteiger charge is -2.35. The molecule has 31 heavy (non-hydrogen) atoms. The van der Waals surface area contributed by atoms with E-state index < -0.39 is 0 Å². The van der Waals surface area contributed by atoms with E-state index in [1.165, 1.54) is 12.1 Å². The van der Waals surface area contributed by atoms with Gasteiger partial charge in [-0.05, 0) is 41.3 Å². The van der Waals surface area contributed by atoms with Crippen molar-refractivity contribution in [2.45, 2.75) is 25.3 Å². The summed E-state index contributed by atoms with van der Waals surface area (Å²) in [4.78, 5) is 15.0. The van der Waals surface area contributed by atoms with Gasteiger partial charge in [0.1, 0.15) is 5.82 Å². The van der Waals surface area contributed by atoms with E-state index in [1.54, 1.807) is 26.4 Å². The number of rotatable bonds is 9. The fraction of sp³-hybridized carbons (Fsp3) is 0.458. The lowest BCUT2D eigenvalue weighted by atomic mass is 9.97. The first-order chi connectivity index (χ1) is 15.0. The molecule has 1 saturated heterocycles. The van der Waals surface area contributed by atoms with Crippen LogP contribution in [0.5, 0.6) is 11.5 Å². The molecule has 1 aliphatic heterocycles. The first kappa shape index (κ1) is 23.0. The highest BCUT2D eigenvalue weighted by Crippen LogP contribution is 2.32. The Morgan fingerprint density at radius 1 is 1.06 bits per heavy atom. The predicted octanol–water partition coefficient (Wildman–Crippen LogP) is 3.53. The quantitative estimate of drug-likeness (QED) is 0.660. The van der Waals surface area contributed by atoms with Gasteiger partial charge < -0.3 is 19.5 Å². The van der Waals surface area contributed by atoms with Crippen LogP contribution >= 0.6 is 0 Å². The molecule has 1 heterocycles. The molecule has 0 radical (unpaired) electrons. The predicted molar refractivity (Wildman–Crippen MR) is 117 cm³/mol. The van der Waals surface area contributed by atoms with Crippen molar-refractivity contribution in [3.63, 3.8) is 0 Å². The molecule has 2 atom stereocenters. The van der Waals surface area contributed by atoms with Crippen molar-refractivity contribution in [1.29, 1.82) is 0 Å². The number of halogens is 1. The van der Waals surface area contributed by atoms with Crippen LogP contribution in [0, 0.1) is 5.82 Å². The third-order valence-corrected chi connectivity index (χ3v) is 5.70. The summed E-state index contributed by atoms with van der Waals surface area (Å²) in [6.45, 7) is 5.37. The molecule has 0 aromatic heterocycles. The van der Waals surface area contributed by atoms with Crippen LogP contribution in [0.3, 0.4) is 0 Å². The van der Waals surface area contributed by atoms with Crippen LogP contribution in [0.25, 0.3) is 0 Å². The second kappa shape index (κ2) is 11.1. The Morgan fingerprint density at radius 3 is 2.35 bits per heavy atom. The zero-order valence-electron chi connectivity index (χ0n) is 18.4. The van der Waals surface area contributed by atoms with Crippen molar-refractivity contribution in [2.75, 3.05) is 47.1 Å². The lowest BCUT2D eigenvalue weighted by Crippen LogP contribution is -2.44. The number of amides is 1. The summed E-state index contributed by atoms with van der Waals surface area (Å²) >= 11 is 0. The first-order valence-corrected chi connectivity index (χ1v) is 10.6. The Hall–Kier alpha value is -2.64. The zero-order chi connectivity index (χ0) is 22.2. The van der Waals surface area contributed by atoms with E-state index in [-0.39, 0.29) is 23.7 Å². The Kier molecular flexibility index (Phi) is 8.26. The highest BCUT2D eigenvalue weighted by molar-refractivity contribution is 5.76. The molecule has 1 amide bonds. The van der Waals surface area contributed by atoms with Crippen molar-refractivity contribution in [3.8, 4) is 11.5 Å². The fourth-order valence-corrected chi connectivity index (χ4v) is 3.88.